The van der Waals surface area contributed by atoms with Crippen molar-refractivity contribution in [3.63, 3.8) is 0 Å². The van der Waals surface area contributed by atoms with Gasteiger partial charge in [-0.05, 0) is 17.7 Å². The Morgan fingerprint density at radius 2 is 2.10 bits per heavy atom. The Bertz CT molecular complexity index is 582. The zero-order valence-electron chi connectivity index (χ0n) is 10.5. The van der Waals surface area contributed by atoms with Crippen LogP contribution in [-0.4, -0.2) is 34.2 Å². The van der Waals surface area contributed by atoms with Crippen LogP contribution < -0.4 is 15.2 Å². The molecule has 9 heteroatoms. The highest BCUT2D eigenvalue weighted by molar-refractivity contribution is 7.87. The number of nitrogens with one attached hydrogen (secondary N) is 2. The summed E-state index contributed by atoms with van der Waals surface area (Å²) < 4.78 is 30.6. The molecule has 0 saturated carbocycles. The minimum atomic E-state index is -3.83. The minimum Gasteiger partial charge on any atom is -0.370 e. The lowest BCUT2D eigenvalue weighted by atomic mass is 10.0. The molecule has 1 fully saturated rings. The molecule has 6 nitrogen and oxygen atoms in total. The average Bonchev–Trinajstić information content (AvgIpc) is 2.56. The molecule has 0 bridgehead atoms. The molecule has 2 rings (SSSR count). The normalized spacial score (nSPS) is 24.4. The van der Waals surface area contributed by atoms with Gasteiger partial charge in [0, 0.05) is 13.1 Å². The van der Waals surface area contributed by atoms with Crippen LogP contribution in [0.3, 0.4) is 0 Å². The van der Waals surface area contributed by atoms with Gasteiger partial charge >= 0.3 is 0 Å². The molecule has 0 spiro atoms. The molecule has 4 N–H and O–H groups in total. The predicted octanol–water partition coefficient (Wildman–Crippen LogP) is 0.816. The summed E-state index contributed by atoms with van der Waals surface area (Å²) in [7, 11) is -3.83. The van der Waals surface area contributed by atoms with E-state index in [4.69, 9.17) is 33.1 Å². The first kappa shape index (κ1) is 16.0. The van der Waals surface area contributed by atoms with E-state index < -0.39 is 22.4 Å². The van der Waals surface area contributed by atoms with Crippen molar-refractivity contribution in [3.05, 3.63) is 33.8 Å². The van der Waals surface area contributed by atoms with Gasteiger partial charge in [0.2, 0.25) is 0 Å². The summed E-state index contributed by atoms with van der Waals surface area (Å²) >= 11 is 11.9. The number of nitrogens with two attached hydrogens (primary N) is 1. The maximum atomic E-state index is 11.2. The van der Waals surface area contributed by atoms with Gasteiger partial charge < -0.3 is 10.1 Å². The van der Waals surface area contributed by atoms with Crippen LogP contribution in [0.25, 0.3) is 0 Å². The summed E-state index contributed by atoms with van der Waals surface area (Å²) in [6.45, 7) is 1.48. The van der Waals surface area contributed by atoms with Gasteiger partial charge in [0.25, 0.3) is 10.2 Å². The van der Waals surface area contributed by atoms with E-state index in [0.29, 0.717) is 29.7 Å². The topological polar surface area (TPSA) is 93.5 Å². The standard InChI is InChI=1S/C11H15Cl2N3O3S/c12-8-2-1-7(5-9(8)13)11-10(16-20(14,17)18)6-15-3-4-19-11/h1-2,5,10-11,15-16H,3-4,6H2,(H2,14,17,18)/t10-,11+/m1/s1. The van der Waals surface area contributed by atoms with Gasteiger partial charge in [0.05, 0.1) is 22.7 Å². The van der Waals surface area contributed by atoms with E-state index in [1.165, 1.54) is 0 Å². The van der Waals surface area contributed by atoms with Crippen molar-refractivity contribution >= 4 is 33.4 Å². The summed E-state index contributed by atoms with van der Waals surface area (Å²) in [5.41, 5.74) is 0.740. The first-order chi connectivity index (χ1) is 9.37. The van der Waals surface area contributed by atoms with Gasteiger partial charge in [0.15, 0.2) is 0 Å². The van der Waals surface area contributed by atoms with E-state index in [1.807, 2.05) is 0 Å². The second-order valence-corrected chi connectivity index (χ2v) is 6.58. The van der Waals surface area contributed by atoms with Gasteiger partial charge in [-0.2, -0.15) is 13.1 Å². The maximum Gasteiger partial charge on any atom is 0.274 e. The number of benzene rings is 1. The van der Waals surface area contributed by atoms with Gasteiger partial charge in [-0.1, -0.05) is 29.3 Å². The zero-order chi connectivity index (χ0) is 14.8. The number of hydrogen-bond acceptors (Lipinski definition) is 4. The third-order valence-corrected chi connectivity index (χ3v) is 4.26. The Labute approximate surface area is 127 Å². The SMILES string of the molecule is NS(=O)(=O)N[C@@H]1CNCCO[C@H]1c1ccc(Cl)c(Cl)c1. The lowest BCUT2D eigenvalue weighted by Gasteiger charge is -2.25. The Morgan fingerprint density at radius 3 is 2.75 bits per heavy atom. The number of hydrogen-bond donors (Lipinski definition) is 3. The summed E-state index contributed by atoms with van der Waals surface area (Å²) in [6.07, 6.45) is -0.488. The lowest BCUT2D eigenvalue weighted by Crippen LogP contribution is -2.47. The van der Waals surface area contributed by atoms with Crippen LogP contribution in [0.4, 0.5) is 0 Å². The fourth-order valence-electron chi connectivity index (χ4n) is 2.07. The van der Waals surface area contributed by atoms with E-state index in [2.05, 4.69) is 10.0 Å². The predicted molar refractivity (Wildman–Crippen MR) is 78.1 cm³/mol. The fraction of sp³-hybridized carbons (Fsp3) is 0.455. The van der Waals surface area contributed by atoms with Crippen LogP contribution in [0.5, 0.6) is 0 Å². The summed E-state index contributed by atoms with van der Waals surface area (Å²) in [6, 6.07) is 4.54. The number of rotatable bonds is 3. The van der Waals surface area contributed by atoms with Gasteiger partial charge in [-0.25, -0.2) is 5.14 Å². The Hall–Kier alpha value is -0.410. The van der Waals surface area contributed by atoms with Gasteiger partial charge in [-0.15, -0.1) is 0 Å². The summed E-state index contributed by atoms with van der Waals surface area (Å²) in [5.74, 6) is 0. The molecular weight excluding hydrogens is 325 g/mol. The van der Waals surface area contributed by atoms with Crippen molar-refractivity contribution in [3.8, 4) is 0 Å². The van der Waals surface area contributed by atoms with Crippen LogP contribution >= 0.6 is 23.2 Å². The van der Waals surface area contributed by atoms with Crippen LogP contribution in [0.2, 0.25) is 10.0 Å². The molecule has 20 heavy (non-hydrogen) atoms. The first-order valence-electron chi connectivity index (χ1n) is 5.94. The first-order valence-corrected chi connectivity index (χ1v) is 8.24. The average molecular weight is 340 g/mol. The van der Waals surface area contributed by atoms with Gasteiger partial charge in [-0.3, -0.25) is 0 Å². The Morgan fingerprint density at radius 1 is 1.35 bits per heavy atom. The van der Waals surface area contributed by atoms with E-state index in [0.717, 1.165) is 5.56 Å². The third-order valence-electron chi connectivity index (χ3n) is 2.89. The second-order valence-electron chi connectivity index (χ2n) is 4.44. The molecule has 0 aliphatic carbocycles. The summed E-state index contributed by atoms with van der Waals surface area (Å²) in [5, 5.41) is 8.94. The highest BCUT2D eigenvalue weighted by Crippen LogP contribution is 2.29. The highest BCUT2D eigenvalue weighted by atomic mass is 35.5. The van der Waals surface area contributed by atoms with E-state index >= 15 is 0 Å². The number of ether oxygens (including phenoxy) is 1. The zero-order valence-corrected chi connectivity index (χ0v) is 12.8. The Kier molecular flexibility index (Phi) is 5.25. The summed E-state index contributed by atoms with van der Waals surface area (Å²) in [4.78, 5) is 0. The fourth-order valence-corrected chi connectivity index (χ4v) is 3.01. The molecule has 1 aromatic carbocycles. The van der Waals surface area contributed by atoms with Crippen molar-refractivity contribution in [2.75, 3.05) is 19.7 Å². The van der Waals surface area contributed by atoms with E-state index in [1.54, 1.807) is 18.2 Å². The molecule has 112 valence electrons. The molecule has 0 amide bonds. The molecule has 1 aliphatic rings. The molecule has 1 aromatic rings. The molecule has 2 atom stereocenters. The molecule has 0 radical (unpaired) electrons. The smallest absolute Gasteiger partial charge is 0.274 e. The van der Waals surface area contributed by atoms with Crippen LogP contribution in [0.15, 0.2) is 18.2 Å². The molecular formula is C11H15Cl2N3O3S. The minimum absolute atomic E-state index is 0.388. The molecule has 0 aromatic heterocycles. The van der Waals surface area contributed by atoms with Crippen LogP contribution in [-0.2, 0) is 14.9 Å². The quantitative estimate of drug-likeness (QED) is 0.759. The second kappa shape index (κ2) is 6.57. The molecule has 1 saturated heterocycles. The monoisotopic (exact) mass is 339 g/mol. The van der Waals surface area contributed by atoms with Crippen molar-refractivity contribution in [1.29, 1.82) is 0 Å². The van der Waals surface area contributed by atoms with E-state index in [9.17, 15) is 8.42 Å². The van der Waals surface area contributed by atoms with Crippen molar-refractivity contribution < 1.29 is 13.2 Å². The van der Waals surface area contributed by atoms with Crippen molar-refractivity contribution in [2.45, 2.75) is 12.1 Å². The number of halogens is 2. The van der Waals surface area contributed by atoms with Crippen molar-refractivity contribution in [2.24, 2.45) is 5.14 Å². The highest BCUT2D eigenvalue weighted by Gasteiger charge is 2.29. The molecule has 1 aliphatic heterocycles. The lowest BCUT2D eigenvalue weighted by molar-refractivity contribution is 0.0493. The van der Waals surface area contributed by atoms with Gasteiger partial charge in [0.1, 0.15) is 6.10 Å². The van der Waals surface area contributed by atoms with Crippen LogP contribution in [0.1, 0.15) is 11.7 Å². The molecule has 1 heterocycles. The largest absolute Gasteiger partial charge is 0.370 e. The van der Waals surface area contributed by atoms with Crippen molar-refractivity contribution in [1.82, 2.24) is 10.0 Å². The maximum absolute atomic E-state index is 11.2. The van der Waals surface area contributed by atoms with E-state index in [-0.39, 0.29) is 0 Å². The third kappa shape index (κ3) is 4.29. The molecule has 0 unspecified atom stereocenters. The Balaban J connectivity index is 2.29. The van der Waals surface area contributed by atoms with Crippen LogP contribution in [0, 0.1) is 0 Å².